The number of hydrogen-bond acceptors (Lipinski definition) is 3. The van der Waals surface area contributed by atoms with E-state index < -0.39 is 0 Å². The minimum atomic E-state index is -0.116. The summed E-state index contributed by atoms with van der Waals surface area (Å²) < 4.78 is 7.22. The molecule has 1 aromatic carbocycles. The summed E-state index contributed by atoms with van der Waals surface area (Å²) in [4.78, 5) is 16.8. The van der Waals surface area contributed by atoms with Crippen LogP contribution >= 0.6 is 0 Å². The first-order valence-corrected chi connectivity index (χ1v) is 7.44. The number of anilines is 1. The predicted molar refractivity (Wildman–Crippen MR) is 90.0 cm³/mol. The van der Waals surface area contributed by atoms with Crippen molar-refractivity contribution in [2.45, 2.75) is 20.3 Å². The van der Waals surface area contributed by atoms with Crippen LogP contribution in [0.3, 0.4) is 0 Å². The van der Waals surface area contributed by atoms with Crippen LogP contribution < -0.4 is 10.1 Å². The number of nitrogens with zero attached hydrogens (tertiary/aromatic N) is 2. The normalized spacial score (nSPS) is 10.7. The maximum atomic E-state index is 12.3. The van der Waals surface area contributed by atoms with Crippen LogP contribution in [0.25, 0.3) is 5.65 Å². The van der Waals surface area contributed by atoms with Crippen molar-refractivity contribution in [1.82, 2.24) is 9.38 Å². The predicted octanol–water partition coefficient (Wildman–Crippen LogP) is 3.14. The van der Waals surface area contributed by atoms with Crippen molar-refractivity contribution in [2.24, 2.45) is 0 Å². The van der Waals surface area contributed by atoms with Crippen molar-refractivity contribution in [1.29, 1.82) is 0 Å². The number of methoxy groups -OCH3 is 1. The second-order valence-corrected chi connectivity index (χ2v) is 5.58. The lowest BCUT2D eigenvalue weighted by atomic mass is 10.2. The average Bonchev–Trinajstić information content (AvgIpc) is 2.91. The van der Waals surface area contributed by atoms with Gasteiger partial charge in [0.25, 0.3) is 0 Å². The Morgan fingerprint density at radius 3 is 2.87 bits per heavy atom. The Morgan fingerprint density at radius 2 is 2.13 bits per heavy atom. The van der Waals surface area contributed by atoms with Crippen molar-refractivity contribution in [3.63, 3.8) is 0 Å². The fourth-order valence-electron chi connectivity index (χ4n) is 2.57. The summed E-state index contributed by atoms with van der Waals surface area (Å²) in [5.41, 5.74) is 4.44. The van der Waals surface area contributed by atoms with Crippen molar-refractivity contribution < 1.29 is 9.53 Å². The fraction of sp³-hybridized carbons (Fsp3) is 0.222. The minimum absolute atomic E-state index is 0.116. The second kappa shape index (κ2) is 6.12. The van der Waals surface area contributed by atoms with Crippen LogP contribution in [0.2, 0.25) is 0 Å². The molecule has 0 aliphatic carbocycles. The number of imidazole rings is 1. The van der Waals surface area contributed by atoms with E-state index in [4.69, 9.17) is 4.74 Å². The van der Waals surface area contributed by atoms with E-state index in [9.17, 15) is 4.79 Å². The van der Waals surface area contributed by atoms with Gasteiger partial charge in [0.15, 0.2) is 0 Å². The van der Waals surface area contributed by atoms with Crippen LogP contribution in [0.5, 0.6) is 5.75 Å². The molecule has 3 rings (SSSR count). The van der Waals surface area contributed by atoms with Gasteiger partial charge in [0, 0.05) is 12.4 Å². The molecular weight excluding hydrogens is 290 g/mol. The number of fused-ring (bicyclic) bond motifs is 1. The molecule has 3 aromatic rings. The highest BCUT2D eigenvalue weighted by Gasteiger charge is 2.11. The van der Waals surface area contributed by atoms with Crippen LogP contribution in [0.1, 0.15) is 16.8 Å². The molecule has 0 aliphatic rings. The lowest BCUT2D eigenvalue weighted by Crippen LogP contribution is -2.15. The van der Waals surface area contributed by atoms with Crippen LogP contribution in [-0.2, 0) is 11.2 Å². The van der Waals surface area contributed by atoms with Crippen molar-refractivity contribution in [2.75, 3.05) is 12.4 Å². The maximum Gasteiger partial charge on any atom is 0.230 e. The van der Waals surface area contributed by atoms with Gasteiger partial charge in [-0.3, -0.25) is 4.79 Å². The molecular formula is C18H19N3O2. The number of hydrogen-bond donors (Lipinski definition) is 1. The number of pyridine rings is 1. The van der Waals surface area contributed by atoms with Gasteiger partial charge < -0.3 is 14.5 Å². The van der Waals surface area contributed by atoms with Crippen molar-refractivity contribution in [3.05, 3.63) is 59.5 Å². The topological polar surface area (TPSA) is 55.6 Å². The Balaban J connectivity index is 1.78. The zero-order valence-electron chi connectivity index (χ0n) is 13.5. The third-order valence-electron chi connectivity index (χ3n) is 3.70. The monoisotopic (exact) mass is 309 g/mol. The molecule has 23 heavy (non-hydrogen) atoms. The Bertz CT molecular complexity index is 868. The number of amides is 1. The van der Waals surface area contributed by atoms with E-state index in [1.807, 2.05) is 61.0 Å². The van der Waals surface area contributed by atoms with Gasteiger partial charge >= 0.3 is 0 Å². The molecule has 0 fully saturated rings. The Hall–Kier alpha value is -2.82. The number of ether oxygens (including phenoxy) is 1. The molecule has 0 unspecified atom stereocenters. The van der Waals surface area contributed by atoms with E-state index in [0.29, 0.717) is 11.4 Å². The molecule has 0 aliphatic heterocycles. The van der Waals surface area contributed by atoms with Gasteiger partial charge in [0.05, 0.1) is 24.9 Å². The average molecular weight is 309 g/mol. The van der Waals surface area contributed by atoms with Crippen LogP contribution in [0, 0.1) is 13.8 Å². The molecule has 0 saturated heterocycles. The molecule has 2 aromatic heterocycles. The van der Waals surface area contributed by atoms with Crippen LogP contribution in [-0.4, -0.2) is 22.4 Å². The Morgan fingerprint density at radius 1 is 1.30 bits per heavy atom. The quantitative estimate of drug-likeness (QED) is 0.805. The number of benzene rings is 1. The first kappa shape index (κ1) is 15.1. The van der Waals surface area contributed by atoms with Gasteiger partial charge in [-0.05, 0) is 43.2 Å². The molecule has 118 valence electrons. The van der Waals surface area contributed by atoms with Gasteiger partial charge in [0.1, 0.15) is 11.4 Å². The number of nitrogens with one attached hydrogen (secondary N) is 1. The standard InChI is InChI=1S/C18H19N3O2/c1-12-6-7-16(23-3)15(9-12)20-17(22)10-14-11-21-8-4-5-13(2)18(21)19-14/h4-9,11H,10H2,1-3H3,(H,20,22). The summed E-state index contributed by atoms with van der Waals surface area (Å²) in [6.07, 6.45) is 4.04. The van der Waals surface area contributed by atoms with Gasteiger partial charge in [-0.1, -0.05) is 12.1 Å². The number of aryl methyl sites for hydroxylation is 2. The summed E-state index contributed by atoms with van der Waals surface area (Å²) in [6.45, 7) is 3.98. The van der Waals surface area contributed by atoms with Gasteiger partial charge in [-0.15, -0.1) is 0 Å². The third-order valence-corrected chi connectivity index (χ3v) is 3.70. The SMILES string of the molecule is COc1ccc(C)cc1NC(=O)Cc1cn2cccc(C)c2n1. The maximum absolute atomic E-state index is 12.3. The van der Waals surface area contributed by atoms with Gasteiger partial charge in [-0.25, -0.2) is 4.98 Å². The zero-order valence-corrected chi connectivity index (χ0v) is 13.5. The van der Waals surface area contributed by atoms with Gasteiger partial charge in [-0.2, -0.15) is 0 Å². The van der Waals surface area contributed by atoms with E-state index in [-0.39, 0.29) is 12.3 Å². The van der Waals surface area contributed by atoms with Crippen LogP contribution in [0.4, 0.5) is 5.69 Å². The third kappa shape index (κ3) is 3.18. The molecule has 0 radical (unpaired) electrons. The van der Waals surface area contributed by atoms with Crippen LogP contribution in [0.15, 0.2) is 42.7 Å². The lowest BCUT2D eigenvalue weighted by Gasteiger charge is -2.10. The second-order valence-electron chi connectivity index (χ2n) is 5.58. The smallest absolute Gasteiger partial charge is 0.230 e. The van der Waals surface area contributed by atoms with Gasteiger partial charge in [0.2, 0.25) is 5.91 Å². The molecule has 0 saturated carbocycles. The van der Waals surface area contributed by atoms with E-state index in [1.165, 1.54) is 0 Å². The summed E-state index contributed by atoms with van der Waals surface area (Å²) >= 11 is 0. The summed E-state index contributed by atoms with van der Waals surface area (Å²) in [5, 5.41) is 2.90. The highest BCUT2D eigenvalue weighted by atomic mass is 16.5. The molecule has 5 nitrogen and oxygen atoms in total. The highest BCUT2D eigenvalue weighted by Crippen LogP contribution is 2.25. The molecule has 1 N–H and O–H groups in total. The minimum Gasteiger partial charge on any atom is -0.495 e. The Kier molecular flexibility index (Phi) is 4.02. The molecule has 2 heterocycles. The number of carbonyl (C=O) groups is 1. The van der Waals surface area contributed by atoms with Crippen molar-refractivity contribution in [3.8, 4) is 5.75 Å². The van der Waals surface area contributed by atoms with E-state index in [2.05, 4.69) is 10.3 Å². The van der Waals surface area contributed by atoms with E-state index >= 15 is 0 Å². The van der Waals surface area contributed by atoms with Crippen molar-refractivity contribution >= 4 is 17.2 Å². The molecule has 0 spiro atoms. The van der Waals surface area contributed by atoms with E-state index in [0.717, 1.165) is 22.5 Å². The van der Waals surface area contributed by atoms with E-state index in [1.54, 1.807) is 7.11 Å². The number of carbonyl (C=O) groups excluding carboxylic acids is 1. The number of aromatic nitrogens is 2. The summed E-state index contributed by atoms with van der Waals surface area (Å²) in [6, 6.07) is 9.65. The first-order chi connectivity index (χ1) is 11.1. The molecule has 0 bridgehead atoms. The molecule has 1 amide bonds. The molecule has 5 heteroatoms. The summed E-state index contributed by atoms with van der Waals surface area (Å²) in [5.74, 6) is 0.532. The Labute approximate surface area is 134 Å². The fourth-order valence-corrected chi connectivity index (χ4v) is 2.57. The largest absolute Gasteiger partial charge is 0.495 e. The zero-order chi connectivity index (χ0) is 16.4. The lowest BCUT2D eigenvalue weighted by molar-refractivity contribution is -0.115. The number of rotatable bonds is 4. The summed E-state index contributed by atoms with van der Waals surface area (Å²) in [7, 11) is 1.59. The highest BCUT2D eigenvalue weighted by molar-refractivity contribution is 5.93. The molecule has 0 atom stereocenters. The first-order valence-electron chi connectivity index (χ1n) is 7.44.